The van der Waals surface area contributed by atoms with Crippen LogP contribution in [0.4, 0.5) is 10.5 Å². The normalized spacial score (nSPS) is 11.7. The summed E-state index contributed by atoms with van der Waals surface area (Å²) in [5, 5.41) is 0. The molecule has 2 rings (SSSR count). The predicted molar refractivity (Wildman–Crippen MR) is 96.6 cm³/mol. The molecule has 0 N–H and O–H groups in total. The van der Waals surface area contributed by atoms with Gasteiger partial charge in [-0.15, -0.1) is 0 Å². The molecule has 2 aromatic rings. The first-order chi connectivity index (χ1) is 11.5. The van der Waals surface area contributed by atoms with Gasteiger partial charge < -0.3 is 14.4 Å². The molecule has 1 atom stereocenters. The Bertz CT molecular complexity index is 667. The van der Waals surface area contributed by atoms with Crippen LogP contribution in [0.1, 0.15) is 31.9 Å². The van der Waals surface area contributed by atoms with Gasteiger partial charge in [-0.1, -0.05) is 31.2 Å². The van der Waals surface area contributed by atoms with E-state index in [1.165, 1.54) is 5.56 Å². The summed E-state index contributed by atoms with van der Waals surface area (Å²) in [5.74, 6) is 0.489. The lowest BCUT2D eigenvalue weighted by Gasteiger charge is -2.29. The number of benzene rings is 2. The first-order valence-corrected chi connectivity index (χ1v) is 8.34. The van der Waals surface area contributed by atoms with E-state index in [9.17, 15) is 4.79 Å². The summed E-state index contributed by atoms with van der Waals surface area (Å²) in [4.78, 5) is 14.0. The van der Waals surface area contributed by atoms with Crippen LogP contribution in [0.2, 0.25) is 0 Å². The number of anilines is 1. The molecule has 0 aliphatic carbocycles. The minimum atomic E-state index is -0.696. The second-order valence-corrected chi connectivity index (χ2v) is 5.69. The number of nitrogens with zero attached hydrogens (tertiary/aromatic N) is 1. The number of carbonyl (C=O) groups is 1. The van der Waals surface area contributed by atoms with Crippen molar-refractivity contribution in [1.29, 1.82) is 0 Å². The summed E-state index contributed by atoms with van der Waals surface area (Å²) in [7, 11) is 0. The van der Waals surface area contributed by atoms with Crippen LogP contribution >= 0.6 is 0 Å². The maximum absolute atomic E-state index is 12.0. The minimum Gasteiger partial charge on any atom is -0.410 e. The van der Waals surface area contributed by atoms with Gasteiger partial charge in [-0.3, -0.25) is 0 Å². The van der Waals surface area contributed by atoms with E-state index in [1.54, 1.807) is 12.1 Å². The largest absolute Gasteiger partial charge is 0.515 e. The van der Waals surface area contributed by atoms with Crippen molar-refractivity contribution in [2.45, 2.75) is 40.3 Å². The number of hydrogen-bond acceptors (Lipinski definition) is 4. The van der Waals surface area contributed by atoms with Crippen LogP contribution in [0, 0.1) is 6.92 Å². The Labute approximate surface area is 144 Å². The highest BCUT2D eigenvalue weighted by atomic mass is 16.7. The van der Waals surface area contributed by atoms with Gasteiger partial charge in [0.15, 0.2) is 6.23 Å². The lowest BCUT2D eigenvalue weighted by molar-refractivity contribution is 0.0645. The maximum atomic E-state index is 12.0. The highest BCUT2D eigenvalue weighted by Gasteiger charge is 2.18. The molecule has 4 nitrogen and oxygen atoms in total. The van der Waals surface area contributed by atoms with Crippen LogP contribution in [0.15, 0.2) is 48.5 Å². The molecule has 0 aliphatic heterocycles. The second kappa shape index (κ2) is 8.39. The molecule has 0 aromatic heterocycles. The van der Waals surface area contributed by atoms with E-state index >= 15 is 0 Å². The predicted octanol–water partition coefficient (Wildman–Crippen LogP) is 4.95. The Morgan fingerprint density at radius 2 is 1.83 bits per heavy atom. The van der Waals surface area contributed by atoms with Crippen molar-refractivity contribution in [2.24, 2.45) is 0 Å². The summed E-state index contributed by atoms with van der Waals surface area (Å²) in [6, 6.07) is 15.5. The number of rotatable bonds is 6. The van der Waals surface area contributed by atoms with Crippen LogP contribution in [-0.2, 0) is 11.2 Å². The monoisotopic (exact) mass is 327 g/mol. The van der Waals surface area contributed by atoms with Crippen LogP contribution in [0.3, 0.4) is 0 Å². The van der Waals surface area contributed by atoms with Gasteiger partial charge in [0.05, 0.1) is 0 Å². The summed E-state index contributed by atoms with van der Waals surface area (Å²) in [6.07, 6.45) is -0.166. The topological polar surface area (TPSA) is 38.8 Å². The molecule has 2 aromatic carbocycles. The molecule has 24 heavy (non-hydrogen) atoms. The van der Waals surface area contributed by atoms with E-state index in [0.717, 1.165) is 24.2 Å². The Morgan fingerprint density at radius 1 is 1.12 bits per heavy atom. The minimum absolute atomic E-state index is 0.417. The number of ether oxygens (including phenoxy) is 2. The molecule has 0 aliphatic rings. The average molecular weight is 327 g/mol. The van der Waals surface area contributed by atoms with E-state index in [0.29, 0.717) is 5.75 Å². The van der Waals surface area contributed by atoms with Gasteiger partial charge in [-0.25, -0.2) is 4.79 Å². The van der Waals surface area contributed by atoms with Gasteiger partial charge in [-0.05, 0) is 62.6 Å². The molecule has 0 radical (unpaired) electrons. The molecule has 128 valence electrons. The zero-order valence-electron chi connectivity index (χ0n) is 14.8. The molecule has 0 saturated carbocycles. The maximum Gasteiger partial charge on any atom is 0.515 e. The van der Waals surface area contributed by atoms with E-state index in [2.05, 4.69) is 13.0 Å². The SMILES string of the molecule is CCc1ccc(OC(=O)OC(C)N(CC)c2cccc(C)c2)cc1. The van der Waals surface area contributed by atoms with Gasteiger partial charge in [0.25, 0.3) is 0 Å². The van der Waals surface area contributed by atoms with Crippen molar-refractivity contribution >= 4 is 11.8 Å². The zero-order valence-corrected chi connectivity index (χ0v) is 14.8. The lowest BCUT2D eigenvalue weighted by atomic mass is 10.2. The molecule has 0 heterocycles. The third-order valence-electron chi connectivity index (χ3n) is 3.91. The van der Waals surface area contributed by atoms with Gasteiger partial charge in [0, 0.05) is 12.2 Å². The fourth-order valence-corrected chi connectivity index (χ4v) is 2.57. The van der Waals surface area contributed by atoms with E-state index < -0.39 is 12.4 Å². The van der Waals surface area contributed by atoms with E-state index in [-0.39, 0.29) is 0 Å². The fraction of sp³-hybridized carbons (Fsp3) is 0.350. The summed E-state index contributed by atoms with van der Waals surface area (Å²) in [6.45, 7) is 8.71. The fourth-order valence-electron chi connectivity index (χ4n) is 2.57. The van der Waals surface area contributed by atoms with Crippen molar-refractivity contribution < 1.29 is 14.3 Å². The molecule has 4 heteroatoms. The van der Waals surface area contributed by atoms with E-state index in [4.69, 9.17) is 9.47 Å². The summed E-state index contributed by atoms with van der Waals surface area (Å²) < 4.78 is 10.7. The number of carbonyl (C=O) groups excluding carboxylic acids is 1. The van der Waals surface area contributed by atoms with Crippen molar-refractivity contribution in [2.75, 3.05) is 11.4 Å². The molecule has 0 amide bonds. The van der Waals surface area contributed by atoms with Gasteiger partial charge >= 0.3 is 6.16 Å². The third-order valence-corrected chi connectivity index (χ3v) is 3.91. The van der Waals surface area contributed by atoms with Gasteiger partial charge in [0.1, 0.15) is 5.75 Å². The van der Waals surface area contributed by atoms with Crippen molar-refractivity contribution in [3.63, 3.8) is 0 Å². The van der Waals surface area contributed by atoms with Crippen molar-refractivity contribution in [3.8, 4) is 5.75 Å². The number of hydrogen-bond donors (Lipinski definition) is 0. The molecule has 0 spiro atoms. The quantitative estimate of drug-likeness (QED) is 0.428. The molecular weight excluding hydrogens is 302 g/mol. The van der Waals surface area contributed by atoms with Crippen molar-refractivity contribution in [3.05, 3.63) is 59.7 Å². The first kappa shape index (κ1) is 17.9. The Hall–Kier alpha value is -2.49. The van der Waals surface area contributed by atoms with Crippen LogP contribution in [-0.4, -0.2) is 18.9 Å². The lowest BCUT2D eigenvalue weighted by Crippen LogP contribution is -2.37. The Morgan fingerprint density at radius 3 is 2.42 bits per heavy atom. The Balaban J connectivity index is 1.98. The zero-order chi connectivity index (χ0) is 17.5. The van der Waals surface area contributed by atoms with Crippen LogP contribution in [0.5, 0.6) is 5.75 Å². The first-order valence-electron chi connectivity index (χ1n) is 8.34. The molecule has 1 unspecified atom stereocenters. The Kier molecular flexibility index (Phi) is 6.24. The van der Waals surface area contributed by atoms with Gasteiger partial charge in [-0.2, -0.15) is 0 Å². The molecule has 0 fully saturated rings. The highest BCUT2D eigenvalue weighted by Crippen LogP contribution is 2.20. The standard InChI is InChI=1S/C20H25NO3/c1-5-17-10-12-19(13-11-17)24-20(22)23-16(4)21(6-2)18-9-7-8-15(3)14-18/h7-14,16H,5-6H2,1-4H3. The van der Waals surface area contributed by atoms with E-state index in [1.807, 2.05) is 56.0 Å². The summed E-state index contributed by atoms with van der Waals surface area (Å²) in [5.41, 5.74) is 3.38. The molecule has 0 saturated heterocycles. The van der Waals surface area contributed by atoms with Gasteiger partial charge in [0.2, 0.25) is 0 Å². The smallest absolute Gasteiger partial charge is 0.410 e. The van der Waals surface area contributed by atoms with Crippen LogP contribution < -0.4 is 9.64 Å². The number of aryl methyl sites for hydroxylation is 2. The van der Waals surface area contributed by atoms with Crippen LogP contribution in [0.25, 0.3) is 0 Å². The third kappa shape index (κ3) is 4.75. The molecule has 0 bridgehead atoms. The average Bonchev–Trinajstić information content (AvgIpc) is 2.56. The summed E-state index contributed by atoms with van der Waals surface area (Å²) >= 11 is 0. The van der Waals surface area contributed by atoms with Crippen molar-refractivity contribution in [1.82, 2.24) is 0 Å². The molecular formula is C20H25NO3. The highest BCUT2D eigenvalue weighted by molar-refractivity contribution is 5.64. The second-order valence-electron chi connectivity index (χ2n) is 5.69.